The minimum atomic E-state index is -0.418. The molecule has 12 rings (SSSR count). The summed E-state index contributed by atoms with van der Waals surface area (Å²) < 4.78 is 0. The van der Waals surface area contributed by atoms with Crippen LogP contribution >= 0.6 is 0 Å². The van der Waals surface area contributed by atoms with Crippen LogP contribution in [0.2, 0.25) is 0 Å². The molecule has 0 amide bonds. The molecule has 270 valence electrons. The SMILES string of the molecule is c1ccc(-c2ccc(N(c3ccc(-c4cc5ccccc5c5ccccc45)cc3)c3cccc4c3-c3ccccc3C43c4ccccc4-c4ccccc43)cc2)cc1. The minimum absolute atomic E-state index is 0.418. The van der Waals surface area contributed by atoms with E-state index in [-0.39, 0.29) is 0 Å². The Morgan fingerprint density at radius 3 is 1.45 bits per heavy atom. The molecule has 0 fully saturated rings. The highest BCUT2D eigenvalue weighted by molar-refractivity contribution is 6.14. The first-order chi connectivity index (χ1) is 28.8. The van der Waals surface area contributed by atoms with Crippen molar-refractivity contribution in [1.29, 1.82) is 0 Å². The van der Waals surface area contributed by atoms with Crippen LogP contribution in [0, 0.1) is 0 Å². The molecule has 0 saturated heterocycles. The fourth-order valence-electron chi connectivity index (χ4n) is 10.3. The van der Waals surface area contributed by atoms with Gasteiger partial charge < -0.3 is 4.90 Å². The lowest BCUT2D eigenvalue weighted by Gasteiger charge is -2.32. The maximum Gasteiger partial charge on any atom is 0.0726 e. The third kappa shape index (κ3) is 4.65. The summed E-state index contributed by atoms with van der Waals surface area (Å²) in [7, 11) is 0. The topological polar surface area (TPSA) is 3.24 Å². The zero-order chi connectivity index (χ0) is 38.2. The first-order valence-electron chi connectivity index (χ1n) is 20.2. The van der Waals surface area contributed by atoms with Crippen molar-refractivity contribution in [2.24, 2.45) is 0 Å². The average Bonchev–Trinajstić information content (AvgIpc) is 3.78. The summed E-state index contributed by atoms with van der Waals surface area (Å²) in [5.74, 6) is 0. The van der Waals surface area contributed by atoms with Crippen molar-refractivity contribution in [3.8, 4) is 44.5 Å². The van der Waals surface area contributed by atoms with Crippen molar-refractivity contribution in [1.82, 2.24) is 0 Å². The lowest BCUT2D eigenvalue weighted by atomic mass is 9.70. The molecule has 58 heavy (non-hydrogen) atoms. The normalized spacial score (nSPS) is 13.0. The highest BCUT2D eigenvalue weighted by atomic mass is 15.1. The number of fused-ring (bicyclic) bond motifs is 13. The van der Waals surface area contributed by atoms with E-state index >= 15 is 0 Å². The number of nitrogens with zero attached hydrogens (tertiary/aromatic N) is 1. The Labute approximate surface area is 338 Å². The largest absolute Gasteiger partial charge is 0.310 e. The summed E-state index contributed by atoms with van der Waals surface area (Å²) in [4.78, 5) is 2.47. The summed E-state index contributed by atoms with van der Waals surface area (Å²) in [6.45, 7) is 0. The van der Waals surface area contributed by atoms with E-state index in [1.807, 2.05) is 0 Å². The van der Waals surface area contributed by atoms with Crippen LogP contribution in [0.1, 0.15) is 22.3 Å². The molecule has 0 bridgehead atoms. The van der Waals surface area contributed by atoms with Crippen LogP contribution in [0.15, 0.2) is 224 Å². The van der Waals surface area contributed by atoms with Crippen LogP contribution in [0.4, 0.5) is 17.1 Å². The molecule has 0 unspecified atom stereocenters. The fraction of sp³-hybridized carbons (Fsp3) is 0.0175. The van der Waals surface area contributed by atoms with Gasteiger partial charge in [-0.15, -0.1) is 0 Å². The smallest absolute Gasteiger partial charge is 0.0726 e. The predicted molar refractivity (Wildman–Crippen MR) is 243 cm³/mol. The molecule has 0 heterocycles. The molecule has 2 aliphatic carbocycles. The third-order valence-corrected chi connectivity index (χ3v) is 12.7. The number of hydrogen-bond donors (Lipinski definition) is 0. The molecular weight excluding hydrogens is 699 g/mol. The van der Waals surface area contributed by atoms with Crippen LogP contribution in [0.3, 0.4) is 0 Å². The Morgan fingerprint density at radius 2 is 0.776 bits per heavy atom. The Morgan fingerprint density at radius 1 is 0.293 bits per heavy atom. The zero-order valence-electron chi connectivity index (χ0n) is 31.8. The summed E-state index contributed by atoms with van der Waals surface area (Å²) in [5.41, 5.74) is 18.4. The van der Waals surface area contributed by atoms with Crippen LogP contribution in [0.25, 0.3) is 66.1 Å². The summed E-state index contributed by atoms with van der Waals surface area (Å²) in [6, 6.07) is 83.0. The third-order valence-electron chi connectivity index (χ3n) is 12.7. The van der Waals surface area contributed by atoms with E-state index in [0.29, 0.717) is 0 Å². The monoisotopic (exact) mass is 735 g/mol. The van der Waals surface area contributed by atoms with Crippen molar-refractivity contribution < 1.29 is 0 Å². The molecule has 2 aliphatic rings. The van der Waals surface area contributed by atoms with E-state index in [4.69, 9.17) is 0 Å². The van der Waals surface area contributed by atoms with Crippen molar-refractivity contribution in [3.05, 3.63) is 247 Å². The van der Waals surface area contributed by atoms with Crippen molar-refractivity contribution in [3.63, 3.8) is 0 Å². The molecule has 10 aromatic carbocycles. The quantitative estimate of drug-likeness (QED) is 0.159. The van der Waals surface area contributed by atoms with E-state index in [9.17, 15) is 0 Å². The lowest BCUT2D eigenvalue weighted by molar-refractivity contribution is 0.794. The van der Waals surface area contributed by atoms with Gasteiger partial charge in [0.15, 0.2) is 0 Å². The van der Waals surface area contributed by atoms with Crippen molar-refractivity contribution in [2.75, 3.05) is 4.90 Å². The van der Waals surface area contributed by atoms with Crippen LogP contribution in [-0.4, -0.2) is 0 Å². The lowest BCUT2D eigenvalue weighted by Crippen LogP contribution is -2.26. The zero-order valence-corrected chi connectivity index (χ0v) is 31.8. The van der Waals surface area contributed by atoms with Gasteiger partial charge in [-0.1, -0.05) is 188 Å². The first-order valence-corrected chi connectivity index (χ1v) is 20.2. The van der Waals surface area contributed by atoms with Crippen molar-refractivity contribution in [2.45, 2.75) is 5.41 Å². The van der Waals surface area contributed by atoms with Gasteiger partial charge in [0.05, 0.1) is 11.1 Å². The molecule has 1 spiro atoms. The van der Waals surface area contributed by atoms with Crippen LogP contribution in [-0.2, 0) is 5.41 Å². The summed E-state index contributed by atoms with van der Waals surface area (Å²) in [5, 5.41) is 5.08. The van der Waals surface area contributed by atoms with Crippen LogP contribution < -0.4 is 4.90 Å². The maximum atomic E-state index is 2.47. The van der Waals surface area contributed by atoms with Gasteiger partial charge in [-0.05, 0) is 119 Å². The fourth-order valence-corrected chi connectivity index (χ4v) is 10.3. The molecule has 0 atom stereocenters. The van der Waals surface area contributed by atoms with E-state index < -0.39 is 5.41 Å². The Bertz CT molecular complexity index is 3170. The standard InChI is InChI=1S/C57H37N/c1-2-15-38(16-3-1)39-29-33-42(34-30-39)58(43-35-31-40(32-36-43)50-37-41-17-4-5-18-44(41)45-19-6-7-20-46(45)50)55-28-14-27-54-56(55)49-23-10-13-26-53(49)57(54)51-24-11-8-21-47(51)48-22-9-12-25-52(48)57/h1-37H. The second-order valence-electron chi connectivity index (χ2n) is 15.6. The highest BCUT2D eigenvalue weighted by Gasteiger charge is 2.52. The molecule has 0 N–H and O–H groups in total. The van der Waals surface area contributed by atoms with Gasteiger partial charge in [-0.25, -0.2) is 0 Å². The maximum absolute atomic E-state index is 2.47. The van der Waals surface area contributed by atoms with Gasteiger partial charge in [0.25, 0.3) is 0 Å². The van der Waals surface area contributed by atoms with Gasteiger partial charge in [-0.3, -0.25) is 0 Å². The minimum Gasteiger partial charge on any atom is -0.310 e. The molecule has 0 radical (unpaired) electrons. The van der Waals surface area contributed by atoms with Gasteiger partial charge in [0, 0.05) is 16.9 Å². The van der Waals surface area contributed by atoms with E-state index in [0.717, 1.165) is 11.4 Å². The Kier molecular flexibility index (Phi) is 7.21. The van der Waals surface area contributed by atoms with Gasteiger partial charge in [0.2, 0.25) is 0 Å². The molecule has 10 aromatic rings. The Balaban J connectivity index is 1.08. The number of hydrogen-bond acceptors (Lipinski definition) is 1. The van der Waals surface area contributed by atoms with E-state index in [2.05, 4.69) is 229 Å². The van der Waals surface area contributed by atoms with Gasteiger partial charge in [-0.2, -0.15) is 0 Å². The number of benzene rings is 10. The van der Waals surface area contributed by atoms with Gasteiger partial charge >= 0.3 is 0 Å². The van der Waals surface area contributed by atoms with Crippen LogP contribution in [0.5, 0.6) is 0 Å². The molecule has 0 aliphatic heterocycles. The molecule has 0 aromatic heterocycles. The number of anilines is 3. The first kappa shape index (κ1) is 32.7. The molecule has 1 heteroatoms. The van der Waals surface area contributed by atoms with Gasteiger partial charge in [0.1, 0.15) is 0 Å². The van der Waals surface area contributed by atoms with E-state index in [1.165, 1.54) is 94.0 Å². The second-order valence-corrected chi connectivity index (χ2v) is 15.6. The highest BCUT2D eigenvalue weighted by Crippen LogP contribution is 2.64. The molecular formula is C57H37N. The molecule has 0 saturated carbocycles. The average molecular weight is 736 g/mol. The summed E-state index contributed by atoms with van der Waals surface area (Å²) >= 11 is 0. The number of rotatable bonds is 5. The molecule has 1 nitrogen and oxygen atoms in total. The van der Waals surface area contributed by atoms with E-state index in [1.54, 1.807) is 0 Å². The summed E-state index contributed by atoms with van der Waals surface area (Å²) in [6.07, 6.45) is 0. The second kappa shape index (κ2) is 12.8. The Hall–Kier alpha value is -7.48. The predicted octanol–water partition coefficient (Wildman–Crippen LogP) is 15.1. The van der Waals surface area contributed by atoms with Crippen molar-refractivity contribution >= 4 is 38.6 Å².